The molecule has 2 nitrogen and oxygen atoms in total. The van der Waals surface area contributed by atoms with Crippen molar-refractivity contribution in [2.75, 3.05) is 18.0 Å². The van der Waals surface area contributed by atoms with E-state index in [0.29, 0.717) is 25.9 Å². The van der Waals surface area contributed by atoms with Crippen LogP contribution in [0.4, 0.5) is 23.2 Å². The van der Waals surface area contributed by atoms with Crippen molar-refractivity contribution in [1.82, 2.24) is 0 Å². The number of alkyl halides is 3. The van der Waals surface area contributed by atoms with Gasteiger partial charge in [-0.25, -0.2) is 4.39 Å². The number of halogens is 4. The summed E-state index contributed by atoms with van der Waals surface area (Å²) < 4.78 is 51.3. The van der Waals surface area contributed by atoms with E-state index in [-0.39, 0.29) is 11.7 Å². The van der Waals surface area contributed by atoms with E-state index in [1.165, 1.54) is 0 Å². The quantitative estimate of drug-likeness (QED) is 0.788. The summed E-state index contributed by atoms with van der Waals surface area (Å²) in [7, 11) is 0. The van der Waals surface area contributed by atoms with E-state index in [9.17, 15) is 17.6 Å². The predicted molar refractivity (Wildman–Crippen MR) is 60.8 cm³/mol. The minimum Gasteiger partial charge on any atom is -0.369 e. The lowest BCUT2D eigenvalue weighted by Crippen LogP contribution is -2.40. The van der Waals surface area contributed by atoms with E-state index in [0.717, 1.165) is 18.2 Å². The van der Waals surface area contributed by atoms with Crippen LogP contribution in [0.1, 0.15) is 18.4 Å². The van der Waals surface area contributed by atoms with Gasteiger partial charge < -0.3 is 10.6 Å². The molecule has 0 aromatic heterocycles. The van der Waals surface area contributed by atoms with E-state index < -0.39 is 17.6 Å². The van der Waals surface area contributed by atoms with Gasteiger partial charge in [0.15, 0.2) is 0 Å². The Labute approximate surface area is 102 Å². The van der Waals surface area contributed by atoms with E-state index in [1.807, 2.05) is 0 Å². The fourth-order valence-electron chi connectivity index (χ4n) is 2.07. The van der Waals surface area contributed by atoms with Crippen molar-refractivity contribution in [3.05, 3.63) is 29.6 Å². The van der Waals surface area contributed by atoms with Crippen LogP contribution in [0.3, 0.4) is 0 Å². The molecule has 0 atom stereocenters. The molecule has 1 aromatic rings. The van der Waals surface area contributed by atoms with Crippen LogP contribution in [0.2, 0.25) is 0 Å². The topological polar surface area (TPSA) is 29.3 Å². The standard InChI is InChI=1S/C12H14F4N2/c13-10-2-1-8(12(14,15)16)7-11(10)18-5-3-9(17)4-6-18/h1-2,7,9H,3-6,17H2. The maximum Gasteiger partial charge on any atom is 0.416 e. The van der Waals surface area contributed by atoms with E-state index in [1.54, 1.807) is 4.90 Å². The van der Waals surface area contributed by atoms with Gasteiger partial charge in [-0.2, -0.15) is 13.2 Å². The molecule has 1 aliphatic heterocycles. The number of rotatable bonds is 1. The van der Waals surface area contributed by atoms with Crippen molar-refractivity contribution in [2.45, 2.75) is 25.1 Å². The smallest absolute Gasteiger partial charge is 0.369 e. The number of nitrogens with two attached hydrogens (primary N) is 1. The fraction of sp³-hybridized carbons (Fsp3) is 0.500. The van der Waals surface area contributed by atoms with Gasteiger partial charge in [-0.3, -0.25) is 0 Å². The van der Waals surface area contributed by atoms with Crippen LogP contribution in [0.25, 0.3) is 0 Å². The van der Waals surface area contributed by atoms with Crippen LogP contribution >= 0.6 is 0 Å². The van der Waals surface area contributed by atoms with Crippen molar-refractivity contribution in [2.24, 2.45) is 5.73 Å². The third-order valence-electron chi connectivity index (χ3n) is 3.15. The fourth-order valence-corrected chi connectivity index (χ4v) is 2.07. The van der Waals surface area contributed by atoms with Gasteiger partial charge in [-0.1, -0.05) is 0 Å². The second kappa shape index (κ2) is 4.76. The Morgan fingerprint density at radius 1 is 1.17 bits per heavy atom. The summed E-state index contributed by atoms with van der Waals surface area (Å²) >= 11 is 0. The maximum atomic E-state index is 13.6. The van der Waals surface area contributed by atoms with Crippen LogP contribution < -0.4 is 10.6 Å². The SMILES string of the molecule is NC1CCN(c2cc(C(F)(F)F)ccc2F)CC1. The minimum atomic E-state index is -4.45. The molecule has 0 amide bonds. The lowest BCUT2D eigenvalue weighted by Gasteiger charge is -2.32. The Morgan fingerprint density at radius 3 is 2.33 bits per heavy atom. The predicted octanol–water partition coefficient (Wildman–Crippen LogP) is 2.77. The molecule has 100 valence electrons. The normalized spacial score (nSPS) is 18.2. The Bertz CT molecular complexity index is 423. The van der Waals surface area contributed by atoms with Gasteiger partial charge in [-0.05, 0) is 31.0 Å². The molecule has 0 radical (unpaired) electrons. The van der Waals surface area contributed by atoms with Crippen LogP contribution in [0.5, 0.6) is 0 Å². The second-order valence-electron chi connectivity index (χ2n) is 4.49. The number of nitrogens with zero attached hydrogens (tertiary/aromatic N) is 1. The Morgan fingerprint density at radius 2 is 1.78 bits per heavy atom. The van der Waals surface area contributed by atoms with E-state index >= 15 is 0 Å². The van der Waals surface area contributed by atoms with Gasteiger partial charge >= 0.3 is 6.18 Å². The zero-order valence-corrected chi connectivity index (χ0v) is 9.67. The molecular weight excluding hydrogens is 248 g/mol. The van der Waals surface area contributed by atoms with Crippen molar-refractivity contribution in [3.8, 4) is 0 Å². The molecule has 0 aliphatic carbocycles. The average Bonchev–Trinajstić information content (AvgIpc) is 2.29. The van der Waals surface area contributed by atoms with Gasteiger partial charge in [0.05, 0.1) is 11.3 Å². The highest BCUT2D eigenvalue weighted by molar-refractivity contribution is 5.51. The molecule has 0 saturated carbocycles. The first-order valence-electron chi connectivity index (χ1n) is 5.75. The third-order valence-corrected chi connectivity index (χ3v) is 3.15. The highest BCUT2D eigenvalue weighted by Crippen LogP contribution is 2.33. The molecule has 6 heteroatoms. The summed E-state index contributed by atoms with van der Waals surface area (Å²) in [6, 6.07) is 2.54. The molecule has 18 heavy (non-hydrogen) atoms. The lowest BCUT2D eigenvalue weighted by molar-refractivity contribution is -0.137. The molecular formula is C12H14F4N2. The minimum absolute atomic E-state index is 0.0109. The van der Waals surface area contributed by atoms with Crippen LogP contribution in [-0.2, 0) is 6.18 Å². The molecule has 2 rings (SSSR count). The lowest BCUT2D eigenvalue weighted by atomic mass is 10.0. The zero-order valence-electron chi connectivity index (χ0n) is 9.67. The molecule has 0 unspecified atom stereocenters. The summed E-state index contributed by atoms with van der Waals surface area (Å²) in [6.45, 7) is 0.971. The molecule has 1 saturated heterocycles. The van der Waals surface area contributed by atoms with Gasteiger partial charge in [0.25, 0.3) is 0 Å². The molecule has 2 N–H and O–H groups in total. The van der Waals surface area contributed by atoms with Crippen molar-refractivity contribution in [1.29, 1.82) is 0 Å². The molecule has 0 spiro atoms. The van der Waals surface area contributed by atoms with Gasteiger partial charge in [-0.15, -0.1) is 0 Å². The summed E-state index contributed by atoms with van der Waals surface area (Å²) in [5, 5.41) is 0. The van der Waals surface area contributed by atoms with Crippen molar-refractivity contribution >= 4 is 5.69 Å². The highest BCUT2D eigenvalue weighted by Gasteiger charge is 2.32. The maximum absolute atomic E-state index is 13.6. The first kappa shape index (κ1) is 13.1. The monoisotopic (exact) mass is 262 g/mol. The molecule has 1 aromatic carbocycles. The number of anilines is 1. The number of hydrogen-bond donors (Lipinski definition) is 1. The molecule has 1 fully saturated rings. The van der Waals surface area contributed by atoms with E-state index in [4.69, 9.17) is 5.73 Å². The van der Waals surface area contributed by atoms with Gasteiger partial charge in [0.1, 0.15) is 5.82 Å². The number of benzene rings is 1. The summed E-state index contributed by atoms with van der Waals surface area (Å²) in [4.78, 5) is 1.62. The summed E-state index contributed by atoms with van der Waals surface area (Å²) in [6.07, 6.45) is -3.12. The average molecular weight is 262 g/mol. The second-order valence-corrected chi connectivity index (χ2v) is 4.49. The first-order valence-corrected chi connectivity index (χ1v) is 5.75. The number of hydrogen-bond acceptors (Lipinski definition) is 2. The van der Waals surface area contributed by atoms with Gasteiger partial charge in [0.2, 0.25) is 0 Å². The molecule has 0 bridgehead atoms. The van der Waals surface area contributed by atoms with Crippen LogP contribution in [0, 0.1) is 5.82 Å². The first-order chi connectivity index (χ1) is 8.38. The van der Waals surface area contributed by atoms with E-state index in [2.05, 4.69) is 0 Å². The van der Waals surface area contributed by atoms with Crippen LogP contribution in [-0.4, -0.2) is 19.1 Å². The number of piperidine rings is 1. The summed E-state index contributed by atoms with van der Waals surface area (Å²) in [5.74, 6) is -0.626. The van der Waals surface area contributed by atoms with Crippen molar-refractivity contribution in [3.63, 3.8) is 0 Å². The van der Waals surface area contributed by atoms with Crippen LogP contribution in [0.15, 0.2) is 18.2 Å². The molecule has 1 heterocycles. The van der Waals surface area contributed by atoms with Crippen molar-refractivity contribution < 1.29 is 17.6 Å². The largest absolute Gasteiger partial charge is 0.416 e. The van der Waals surface area contributed by atoms with Gasteiger partial charge in [0, 0.05) is 19.1 Å². The Hall–Kier alpha value is -1.30. The third kappa shape index (κ3) is 2.75. The highest BCUT2D eigenvalue weighted by atomic mass is 19.4. The summed E-state index contributed by atoms with van der Waals surface area (Å²) in [5.41, 5.74) is 4.90. The zero-order chi connectivity index (χ0) is 13.3. The molecule has 1 aliphatic rings. The Balaban J connectivity index is 2.27. The Kier molecular flexibility index (Phi) is 3.47.